The number of carbonyl (C=O) groups is 2. The molecule has 2 aliphatic carbocycles. The van der Waals surface area contributed by atoms with Gasteiger partial charge in [0.15, 0.2) is 11.6 Å². The van der Waals surface area contributed by atoms with Crippen LogP contribution in [-0.4, -0.2) is 187 Å². The van der Waals surface area contributed by atoms with Gasteiger partial charge in [-0.2, -0.15) is 0 Å². The summed E-state index contributed by atoms with van der Waals surface area (Å²) in [6.07, 6.45) is 26.0. The zero-order valence-corrected chi connectivity index (χ0v) is 91.8. The smallest absolute Gasteiger partial charge is 0.163 e. The van der Waals surface area contributed by atoms with Gasteiger partial charge in [-0.15, -0.1) is 0 Å². The summed E-state index contributed by atoms with van der Waals surface area (Å²) in [6.45, 7) is 35.4. The minimum absolute atomic E-state index is 0.261. The number of methoxy groups -OCH3 is 1. The van der Waals surface area contributed by atoms with Gasteiger partial charge in [-0.1, -0.05) is 376 Å². The van der Waals surface area contributed by atoms with Crippen molar-refractivity contribution in [3.63, 3.8) is 0 Å². The molecule has 0 amide bonds. The Bertz CT molecular complexity index is 5060. The van der Waals surface area contributed by atoms with Gasteiger partial charge < -0.3 is 34.6 Å². The van der Waals surface area contributed by atoms with E-state index in [9.17, 15) is 9.59 Å². The number of carbonyl (C=O) groups excluding carboxylic acids is 2. The quantitative estimate of drug-likeness (QED) is 0.0371. The van der Waals surface area contributed by atoms with Crippen molar-refractivity contribution in [2.24, 2.45) is 53.3 Å². The summed E-state index contributed by atoms with van der Waals surface area (Å²) in [5, 5.41) is 3.75. The third-order valence-corrected chi connectivity index (χ3v) is 27.2. The topological polar surface area (TPSA) is 78.1 Å². The molecule has 762 valence electrons. The first-order valence-corrected chi connectivity index (χ1v) is 53.9. The molecule has 5 atom stereocenters. The number of nitrogens with one attached hydrogen (secondary N) is 1. The summed E-state index contributed by atoms with van der Waals surface area (Å²) >= 11 is 0. The van der Waals surface area contributed by atoms with Gasteiger partial charge in [0.2, 0.25) is 0 Å². The Kier molecular flexibility index (Phi) is 52.5. The van der Waals surface area contributed by atoms with E-state index in [1.54, 1.807) is 7.11 Å². The second-order valence-corrected chi connectivity index (χ2v) is 45.2. The Morgan fingerprint density at radius 3 is 1.10 bits per heavy atom. The summed E-state index contributed by atoms with van der Waals surface area (Å²) in [6, 6.07) is 93.3. The average Bonchev–Trinajstić information content (AvgIpc) is 0.805. The van der Waals surface area contributed by atoms with Crippen LogP contribution >= 0.6 is 0 Å². The fraction of sp³-hybridized carbons (Fsp3) is 0.519. The van der Waals surface area contributed by atoms with Gasteiger partial charge in [0, 0.05) is 106 Å². The van der Waals surface area contributed by atoms with Crippen molar-refractivity contribution in [2.75, 3.05) is 117 Å². The Labute approximate surface area is 853 Å². The lowest BCUT2D eigenvalue weighted by molar-refractivity contribution is 0.0932. The largest absolute Gasteiger partial charge is 0.496 e. The van der Waals surface area contributed by atoms with Crippen LogP contribution in [-0.2, 0) is 71.0 Å². The number of ketones is 2. The lowest BCUT2D eigenvalue weighted by atomic mass is 9.80. The Morgan fingerprint density at radius 1 is 0.321 bits per heavy atom. The van der Waals surface area contributed by atoms with Crippen molar-refractivity contribution < 1.29 is 14.3 Å². The van der Waals surface area contributed by atoms with Crippen LogP contribution in [0.3, 0.4) is 0 Å². The van der Waals surface area contributed by atoms with Crippen LogP contribution in [0.2, 0.25) is 0 Å². The number of likely N-dealkylation sites (N-methyl/N-ethyl adjacent to an activating group) is 4. The highest BCUT2D eigenvalue weighted by atomic mass is 16.5. The van der Waals surface area contributed by atoms with Gasteiger partial charge in [0.1, 0.15) is 5.75 Å². The fourth-order valence-corrected chi connectivity index (χ4v) is 21.2. The molecule has 0 bridgehead atoms. The van der Waals surface area contributed by atoms with Crippen molar-refractivity contribution in [1.82, 2.24) is 39.6 Å². The van der Waals surface area contributed by atoms with Crippen molar-refractivity contribution in [1.29, 1.82) is 0 Å². The molecule has 0 unspecified atom stereocenters. The maximum atomic E-state index is 13.4. The molecule has 12 rings (SSSR count). The summed E-state index contributed by atoms with van der Waals surface area (Å²) in [5.74, 6) is 7.24. The van der Waals surface area contributed by atoms with Crippen molar-refractivity contribution >= 4 is 11.6 Å². The third kappa shape index (κ3) is 45.3. The number of para-hydroxylation sites is 1. The van der Waals surface area contributed by atoms with E-state index in [-0.39, 0.29) is 5.78 Å². The van der Waals surface area contributed by atoms with Gasteiger partial charge in [-0.3, -0.25) is 19.4 Å². The Hall–Kier alpha value is -8.98. The van der Waals surface area contributed by atoms with E-state index in [0.29, 0.717) is 84.2 Å². The monoisotopic (exact) mass is 1900 g/mol. The van der Waals surface area contributed by atoms with Crippen LogP contribution in [0.15, 0.2) is 255 Å². The predicted molar refractivity (Wildman–Crippen MR) is 603 cm³/mol. The number of rotatable bonds is 49. The minimum atomic E-state index is 0.261. The molecule has 10 aromatic carbocycles. The highest BCUT2D eigenvalue weighted by Crippen LogP contribution is 2.38. The highest BCUT2D eigenvalue weighted by Gasteiger charge is 2.28. The molecule has 2 aliphatic rings. The maximum absolute atomic E-state index is 13.4. The second-order valence-electron chi connectivity index (χ2n) is 45.2. The summed E-state index contributed by atoms with van der Waals surface area (Å²) in [7, 11) is 25.5. The second kappa shape index (κ2) is 63.2. The number of ether oxygens (including phenoxy) is 1. The molecule has 10 aromatic rings. The number of benzene rings is 10. The normalized spacial score (nSPS) is 14.3. The van der Waals surface area contributed by atoms with E-state index in [1.165, 1.54) is 144 Å². The zero-order chi connectivity index (χ0) is 101. The third-order valence-electron chi connectivity index (χ3n) is 27.2. The molecule has 0 spiro atoms. The van der Waals surface area contributed by atoms with Crippen molar-refractivity contribution in [3.05, 3.63) is 327 Å². The first kappa shape index (κ1) is 116. The molecule has 0 aliphatic heterocycles. The lowest BCUT2D eigenvalue weighted by Gasteiger charge is -2.37. The van der Waals surface area contributed by atoms with Crippen LogP contribution in [0.1, 0.15) is 255 Å². The standard InChI is InChI=1S/C30H43NO2.C29H41NO.C25H38N2.C23H34N2.C22H32N2/c1-22(2)17-27-15-10-16-28(30(27)33-5)25-13-9-14-26(20-25)29(32)19-24(21-31(3)4)18-23-11-7-6-8-12-23;1-22(2)16-24-12-8-13-26(18-24)27-14-9-15-28(20-27)29(31)19-25(21-30(3)4)17-23-10-6-5-7-11-23;1-20(2)15-23-13-10-14-24(16-23)18-27(21(3)4)25(19-26(5)6)17-22-11-8-7-9-12-22;1-19(2)14-21-12-9-13-22(15-21)17-25(5)23(18-24(3)4)16-20-10-7-6-8-11-20;1-18(2)13-20-11-8-12-21(14-20)16-23-22(17-24(3)4)15-19-9-6-5-7-10-19/h9-10,13-16,20,22-24H,6-8,11-12,17-19,21H2,1-5H3;8-9,12-15,18,20,22-23,25H,5-7,10-11,16-17,19,21H2,1-4H3;7-14,16,20-21,25H,15,17-19H2,1-6H3;6-13,15,19,23H,14,16-18H2,1-5H3;5-12,14,18,22-23H,13,15-17H2,1-4H3/t24-;2*25-;23-;22-/m00000/s1. The van der Waals surface area contributed by atoms with E-state index >= 15 is 0 Å². The van der Waals surface area contributed by atoms with E-state index in [4.69, 9.17) is 4.74 Å². The van der Waals surface area contributed by atoms with Gasteiger partial charge in [0.05, 0.1) is 7.11 Å². The van der Waals surface area contributed by atoms with Crippen molar-refractivity contribution in [3.8, 4) is 28.0 Å². The van der Waals surface area contributed by atoms with E-state index in [1.807, 2.05) is 24.3 Å². The molecule has 11 nitrogen and oxygen atoms in total. The van der Waals surface area contributed by atoms with Gasteiger partial charge in [0.25, 0.3) is 0 Å². The fourth-order valence-electron chi connectivity index (χ4n) is 21.2. The van der Waals surface area contributed by atoms with Gasteiger partial charge in [-0.05, 0) is 299 Å². The average molecular weight is 1900 g/mol. The van der Waals surface area contributed by atoms with E-state index in [0.717, 1.165) is 149 Å². The molecule has 0 heterocycles. The molecule has 2 saturated carbocycles. The molecule has 0 radical (unpaired) electrons. The summed E-state index contributed by atoms with van der Waals surface area (Å²) in [4.78, 5) is 43.2. The number of Topliss-reactive ketones (excluding diaryl/α,β-unsaturated/α-hetero) is 2. The van der Waals surface area contributed by atoms with E-state index in [2.05, 4.69) is 431 Å². The lowest BCUT2D eigenvalue weighted by Crippen LogP contribution is -2.46. The van der Waals surface area contributed by atoms with Crippen LogP contribution in [0.25, 0.3) is 22.3 Å². The van der Waals surface area contributed by atoms with Gasteiger partial charge in [-0.25, -0.2) is 0 Å². The molecule has 11 heteroatoms. The molecular formula is C129H188N8O3. The Morgan fingerprint density at radius 2 is 0.671 bits per heavy atom. The predicted octanol–water partition coefficient (Wildman–Crippen LogP) is 28.5. The number of hydrogen-bond donors (Lipinski definition) is 1. The van der Waals surface area contributed by atoms with Crippen LogP contribution < -0.4 is 10.1 Å². The SMILES string of the molecule is CC(C)Cc1cccc(-c2cccc(C(=O)C[C@H](CC3CCCCC3)CN(C)C)c2)c1.CC(C)Cc1cccc(CN(C(C)C)[C@@H](Cc2ccccc2)CN(C)C)c1.CC(C)Cc1cccc(CN(C)[C@@H](Cc2ccccc2)CN(C)C)c1.CC(C)Cc1cccc(CN[C@@H](Cc2ccccc2)CN(C)C)c1.COc1c(CC(C)C)cccc1-c1cccc(C(=O)C[C@H](CC2CCCCC2)CN(C)C)c1. The van der Waals surface area contributed by atoms with Crippen molar-refractivity contribution in [2.45, 2.75) is 268 Å². The molecule has 140 heavy (non-hydrogen) atoms. The van der Waals surface area contributed by atoms with E-state index < -0.39 is 0 Å². The first-order chi connectivity index (χ1) is 67.1. The minimum Gasteiger partial charge on any atom is -0.496 e. The van der Waals surface area contributed by atoms with Crippen LogP contribution in [0.4, 0.5) is 0 Å². The summed E-state index contributed by atoms with van der Waals surface area (Å²) < 4.78 is 5.83. The first-order valence-electron chi connectivity index (χ1n) is 53.9. The summed E-state index contributed by atoms with van der Waals surface area (Å²) in [5.41, 5.74) is 21.5. The molecule has 1 N–H and O–H groups in total. The van der Waals surface area contributed by atoms with Crippen LogP contribution in [0.5, 0.6) is 5.75 Å². The molecule has 2 fully saturated rings. The zero-order valence-electron chi connectivity index (χ0n) is 91.8. The Balaban J connectivity index is 0.000000215. The number of hydrogen-bond acceptors (Lipinski definition) is 11. The van der Waals surface area contributed by atoms with Gasteiger partial charge >= 0.3 is 0 Å². The number of nitrogens with zero attached hydrogens (tertiary/aromatic N) is 7. The maximum Gasteiger partial charge on any atom is 0.163 e. The molecule has 0 saturated heterocycles. The molecular weight excluding hydrogens is 1710 g/mol. The molecule has 0 aromatic heterocycles. The van der Waals surface area contributed by atoms with Crippen LogP contribution in [0, 0.1) is 53.3 Å². The highest BCUT2D eigenvalue weighted by molar-refractivity contribution is 5.98.